The Bertz CT molecular complexity index is 994. The van der Waals surface area contributed by atoms with E-state index < -0.39 is 0 Å². The van der Waals surface area contributed by atoms with Gasteiger partial charge >= 0.3 is 0 Å². The molecule has 6 nitrogen and oxygen atoms in total. The van der Waals surface area contributed by atoms with E-state index in [-0.39, 0.29) is 5.91 Å². The molecule has 1 N–H and O–H groups in total. The number of nitrogens with zero attached hydrogens (tertiary/aromatic N) is 4. The van der Waals surface area contributed by atoms with E-state index in [0.29, 0.717) is 13.1 Å². The van der Waals surface area contributed by atoms with E-state index in [1.165, 1.54) is 0 Å². The minimum Gasteiger partial charge on any atom is -0.348 e. The summed E-state index contributed by atoms with van der Waals surface area (Å²) in [7, 11) is 1.98. The van der Waals surface area contributed by atoms with Gasteiger partial charge in [-0.2, -0.15) is 0 Å². The average Bonchev–Trinajstić information content (AvgIpc) is 3.06. The van der Waals surface area contributed by atoms with Crippen LogP contribution in [0.5, 0.6) is 0 Å². The van der Waals surface area contributed by atoms with Crippen LogP contribution in [0.2, 0.25) is 5.02 Å². The van der Waals surface area contributed by atoms with Crippen molar-refractivity contribution in [2.24, 2.45) is 7.05 Å². The van der Waals surface area contributed by atoms with Gasteiger partial charge in [0.2, 0.25) is 5.91 Å². The Morgan fingerprint density at radius 3 is 2.48 bits per heavy atom. The lowest BCUT2D eigenvalue weighted by Gasteiger charge is -2.34. The highest BCUT2D eigenvalue weighted by molar-refractivity contribution is 6.31. The molecule has 29 heavy (non-hydrogen) atoms. The van der Waals surface area contributed by atoms with E-state index >= 15 is 0 Å². The molecule has 0 spiro atoms. The highest BCUT2D eigenvalue weighted by Crippen LogP contribution is 2.18. The van der Waals surface area contributed by atoms with Crippen LogP contribution in [0.15, 0.2) is 48.5 Å². The van der Waals surface area contributed by atoms with Crippen LogP contribution >= 0.6 is 11.6 Å². The second-order valence-electron chi connectivity index (χ2n) is 7.50. The summed E-state index contributed by atoms with van der Waals surface area (Å²) in [5, 5.41) is 3.83. The van der Waals surface area contributed by atoms with Gasteiger partial charge in [-0.3, -0.25) is 14.6 Å². The van der Waals surface area contributed by atoms with Gasteiger partial charge in [0, 0.05) is 44.8 Å². The Hall–Kier alpha value is -2.41. The van der Waals surface area contributed by atoms with Gasteiger partial charge < -0.3 is 9.88 Å². The smallest absolute Gasteiger partial charge is 0.234 e. The van der Waals surface area contributed by atoms with Gasteiger partial charge in [-0.25, -0.2) is 4.98 Å². The first-order chi connectivity index (χ1) is 14.1. The number of nitrogens with one attached hydrogen (secondary N) is 1. The van der Waals surface area contributed by atoms with Crippen molar-refractivity contribution in [3.8, 4) is 0 Å². The molecule has 1 fully saturated rings. The normalized spacial score (nSPS) is 15.7. The van der Waals surface area contributed by atoms with Crippen molar-refractivity contribution in [2.75, 3.05) is 32.7 Å². The number of amides is 1. The molecular weight excluding hydrogens is 386 g/mol. The molecule has 7 heteroatoms. The number of hydrogen-bond donors (Lipinski definition) is 1. The molecule has 2 heterocycles. The van der Waals surface area contributed by atoms with Crippen molar-refractivity contribution in [3.05, 3.63) is 64.9 Å². The third kappa shape index (κ3) is 4.78. The summed E-state index contributed by atoms with van der Waals surface area (Å²) in [6.07, 6.45) is 0. The molecule has 2 aromatic carbocycles. The summed E-state index contributed by atoms with van der Waals surface area (Å²) in [6, 6.07) is 16.0. The van der Waals surface area contributed by atoms with E-state index in [1.807, 2.05) is 54.1 Å². The third-order valence-corrected chi connectivity index (χ3v) is 5.88. The van der Waals surface area contributed by atoms with Crippen LogP contribution in [-0.2, 0) is 24.9 Å². The summed E-state index contributed by atoms with van der Waals surface area (Å²) in [6.45, 7) is 5.34. The molecular formula is C22H26ClN5O. The van der Waals surface area contributed by atoms with Crippen molar-refractivity contribution in [3.63, 3.8) is 0 Å². The van der Waals surface area contributed by atoms with Crippen molar-refractivity contribution < 1.29 is 4.79 Å². The summed E-state index contributed by atoms with van der Waals surface area (Å²) >= 11 is 6.27. The summed E-state index contributed by atoms with van der Waals surface area (Å²) in [4.78, 5) is 21.6. The van der Waals surface area contributed by atoms with Gasteiger partial charge in [0.05, 0.1) is 24.1 Å². The third-order valence-electron chi connectivity index (χ3n) is 5.51. The maximum atomic E-state index is 12.4. The molecule has 0 bridgehead atoms. The van der Waals surface area contributed by atoms with Gasteiger partial charge in [0.1, 0.15) is 5.82 Å². The van der Waals surface area contributed by atoms with Gasteiger partial charge in [0.25, 0.3) is 0 Å². The van der Waals surface area contributed by atoms with E-state index in [9.17, 15) is 4.79 Å². The van der Waals surface area contributed by atoms with E-state index in [2.05, 4.69) is 26.2 Å². The van der Waals surface area contributed by atoms with Crippen LogP contribution in [0, 0.1) is 0 Å². The van der Waals surface area contributed by atoms with Crippen molar-refractivity contribution >= 4 is 28.5 Å². The number of piperazine rings is 1. The fraction of sp³-hybridized carbons (Fsp3) is 0.364. The standard InChI is InChI=1S/C22H26ClN5O/c1-26-20-9-5-4-8-19(20)25-21(26)14-24-22(29)16-28-12-10-27(11-13-28)15-17-6-2-3-7-18(17)23/h2-9H,10-16H2,1H3,(H,24,29). The second-order valence-corrected chi connectivity index (χ2v) is 7.90. The van der Waals surface area contributed by atoms with E-state index in [0.717, 1.165) is 60.2 Å². The molecule has 1 aromatic heterocycles. The number of para-hydroxylation sites is 2. The Kier molecular flexibility index (Phi) is 6.13. The number of aryl methyl sites for hydroxylation is 1. The molecule has 1 aliphatic rings. The fourth-order valence-corrected chi connectivity index (χ4v) is 3.96. The first-order valence-corrected chi connectivity index (χ1v) is 10.3. The van der Waals surface area contributed by atoms with Crippen LogP contribution in [0.4, 0.5) is 0 Å². The Balaban J connectivity index is 1.23. The van der Waals surface area contributed by atoms with Crippen LogP contribution in [-0.4, -0.2) is 58.0 Å². The number of carbonyl (C=O) groups is 1. The molecule has 3 aromatic rings. The Morgan fingerprint density at radius 1 is 1.03 bits per heavy atom. The highest BCUT2D eigenvalue weighted by Gasteiger charge is 2.20. The fourth-order valence-electron chi connectivity index (χ4n) is 3.76. The highest BCUT2D eigenvalue weighted by atomic mass is 35.5. The quantitative estimate of drug-likeness (QED) is 0.677. The Morgan fingerprint density at radius 2 is 1.72 bits per heavy atom. The average molecular weight is 412 g/mol. The minimum atomic E-state index is 0.0385. The number of carbonyl (C=O) groups excluding carboxylic acids is 1. The first kappa shape index (κ1) is 19.9. The summed E-state index contributed by atoms with van der Waals surface area (Å²) < 4.78 is 2.03. The lowest BCUT2D eigenvalue weighted by atomic mass is 10.2. The largest absolute Gasteiger partial charge is 0.348 e. The predicted octanol–water partition coefficient (Wildman–Crippen LogP) is 2.66. The molecule has 0 unspecified atom stereocenters. The van der Waals surface area contributed by atoms with Crippen molar-refractivity contribution in [1.29, 1.82) is 0 Å². The zero-order valence-electron chi connectivity index (χ0n) is 16.6. The molecule has 152 valence electrons. The molecule has 1 aliphatic heterocycles. The number of aromatic nitrogens is 2. The zero-order chi connectivity index (χ0) is 20.2. The van der Waals surface area contributed by atoms with Gasteiger partial charge in [-0.1, -0.05) is 41.9 Å². The van der Waals surface area contributed by atoms with E-state index in [1.54, 1.807) is 0 Å². The first-order valence-electron chi connectivity index (χ1n) is 9.95. The SMILES string of the molecule is Cn1c(CNC(=O)CN2CCN(Cc3ccccc3Cl)CC2)nc2ccccc21. The number of imidazole rings is 1. The molecule has 1 amide bonds. The van der Waals surface area contributed by atoms with Crippen LogP contribution < -0.4 is 5.32 Å². The number of fused-ring (bicyclic) bond motifs is 1. The molecule has 0 radical (unpaired) electrons. The van der Waals surface area contributed by atoms with E-state index in [4.69, 9.17) is 11.6 Å². The van der Waals surface area contributed by atoms with Gasteiger partial charge in [-0.15, -0.1) is 0 Å². The number of rotatable bonds is 6. The number of benzene rings is 2. The van der Waals surface area contributed by atoms with Crippen LogP contribution in [0.1, 0.15) is 11.4 Å². The predicted molar refractivity (Wildman–Crippen MR) is 116 cm³/mol. The summed E-state index contributed by atoms with van der Waals surface area (Å²) in [5.74, 6) is 0.903. The maximum absolute atomic E-state index is 12.4. The molecule has 4 rings (SSSR count). The van der Waals surface area contributed by atoms with Gasteiger partial charge in [-0.05, 0) is 23.8 Å². The Labute approximate surface area is 176 Å². The second kappa shape index (κ2) is 8.95. The zero-order valence-corrected chi connectivity index (χ0v) is 17.4. The lowest BCUT2D eigenvalue weighted by Crippen LogP contribution is -2.49. The topological polar surface area (TPSA) is 53.4 Å². The molecule has 1 saturated heterocycles. The molecule has 0 saturated carbocycles. The summed E-state index contributed by atoms with van der Waals surface area (Å²) in [5.41, 5.74) is 3.18. The minimum absolute atomic E-state index is 0.0385. The lowest BCUT2D eigenvalue weighted by molar-refractivity contribution is -0.122. The van der Waals surface area contributed by atoms with Gasteiger partial charge in [0.15, 0.2) is 0 Å². The number of hydrogen-bond acceptors (Lipinski definition) is 4. The monoisotopic (exact) mass is 411 g/mol. The van der Waals surface area contributed by atoms with Crippen molar-refractivity contribution in [2.45, 2.75) is 13.1 Å². The molecule has 0 atom stereocenters. The molecule has 0 aliphatic carbocycles. The maximum Gasteiger partial charge on any atom is 0.234 e. The van der Waals surface area contributed by atoms with Crippen LogP contribution in [0.25, 0.3) is 11.0 Å². The van der Waals surface area contributed by atoms with Crippen molar-refractivity contribution in [1.82, 2.24) is 24.7 Å². The number of halogens is 1. The van der Waals surface area contributed by atoms with Crippen LogP contribution in [0.3, 0.4) is 0 Å².